The lowest BCUT2D eigenvalue weighted by molar-refractivity contribution is 0.269. The van der Waals surface area contributed by atoms with Crippen molar-refractivity contribution in [3.8, 4) is 11.3 Å². The van der Waals surface area contributed by atoms with Crippen LogP contribution in [-0.2, 0) is 13.1 Å². The van der Waals surface area contributed by atoms with Crippen molar-refractivity contribution in [2.45, 2.75) is 19.5 Å². The fourth-order valence-corrected chi connectivity index (χ4v) is 5.00. The number of H-pyrrole nitrogens is 1. The van der Waals surface area contributed by atoms with E-state index < -0.39 is 0 Å². The Bertz CT molecular complexity index is 1480. The van der Waals surface area contributed by atoms with Crippen LogP contribution >= 0.6 is 0 Å². The van der Waals surface area contributed by atoms with Crippen LogP contribution in [0, 0.1) is 0 Å². The van der Waals surface area contributed by atoms with Crippen LogP contribution in [0.4, 0.5) is 5.69 Å². The predicted molar refractivity (Wildman–Crippen MR) is 146 cm³/mol. The molecular weight excluding hydrogens is 446 g/mol. The molecule has 1 aliphatic heterocycles. The van der Waals surface area contributed by atoms with Crippen LogP contribution in [0.2, 0.25) is 0 Å². The van der Waals surface area contributed by atoms with Crippen LogP contribution in [0.1, 0.15) is 17.5 Å². The smallest absolute Gasteiger partial charge is 0.138 e. The average molecular weight is 478 g/mol. The summed E-state index contributed by atoms with van der Waals surface area (Å²) < 4.78 is 0. The number of anilines is 1. The van der Waals surface area contributed by atoms with Crippen molar-refractivity contribution in [1.82, 2.24) is 29.7 Å². The summed E-state index contributed by atoms with van der Waals surface area (Å²) in [4.78, 5) is 21.9. The summed E-state index contributed by atoms with van der Waals surface area (Å²) in [6, 6.07) is 17.2. The quantitative estimate of drug-likeness (QED) is 0.362. The number of aromatic nitrogens is 4. The molecule has 7 nitrogen and oxygen atoms in total. The Labute approximate surface area is 211 Å². The van der Waals surface area contributed by atoms with Crippen molar-refractivity contribution in [2.75, 3.05) is 38.5 Å². The highest BCUT2D eigenvalue weighted by Crippen LogP contribution is 2.29. The molecule has 0 aliphatic carbocycles. The molecule has 1 fully saturated rings. The largest absolute Gasteiger partial charge is 0.380 e. The Morgan fingerprint density at radius 1 is 0.889 bits per heavy atom. The van der Waals surface area contributed by atoms with Gasteiger partial charge in [0.2, 0.25) is 0 Å². The third-order valence-corrected chi connectivity index (χ3v) is 7.00. The van der Waals surface area contributed by atoms with E-state index >= 15 is 0 Å². The molecule has 4 aromatic heterocycles. The molecule has 1 aliphatic rings. The number of fused-ring (bicyclic) bond motifs is 3. The first kappa shape index (κ1) is 22.6. The lowest BCUT2D eigenvalue weighted by Gasteiger charge is -2.20. The van der Waals surface area contributed by atoms with Crippen LogP contribution in [0.5, 0.6) is 0 Å². The molecule has 5 aromatic rings. The van der Waals surface area contributed by atoms with E-state index in [0.29, 0.717) is 0 Å². The van der Waals surface area contributed by atoms with E-state index in [2.05, 4.69) is 78.5 Å². The van der Waals surface area contributed by atoms with Gasteiger partial charge in [-0.2, -0.15) is 0 Å². The number of nitrogens with one attached hydrogen (secondary N) is 2. The van der Waals surface area contributed by atoms with Gasteiger partial charge in [-0.05, 0) is 62.0 Å². The number of rotatable bonds is 6. The summed E-state index contributed by atoms with van der Waals surface area (Å²) in [5, 5.41) is 5.78. The van der Waals surface area contributed by atoms with Gasteiger partial charge in [-0.3, -0.25) is 14.9 Å². The van der Waals surface area contributed by atoms with Crippen molar-refractivity contribution < 1.29 is 0 Å². The molecule has 7 heteroatoms. The van der Waals surface area contributed by atoms with E-state index in [1.165, 1.54) is 30.6 Å². The Morgan fingerprint density at radius 2 is 1.83 bits per heavy atom. The Hall–Kier alpha value is -3.81. The van der Waals surface area contributed by atoms with Crippen LogP contribution in [0.25, 0.3) is 33.2 Å². The molecule has 0 bridgehead atoms. The summed E-state index contributed by atoms with van der Waals surface area (Å²) in [5.74, 6) is 0. The molecule has 0 atom stereocenters. The fraction of sp³-hybridized carbons (Fsp3) is 0.276. The van der Waals surface area contributed by atoms with E-state index in [-0.39, 0.29) is 0 Å². The molecule has 1 aromatic carbocycles. The summed E-state index contributed by atoms with van der Waals surface area (Å²) in [7, 11) is 2.22. The first-order valence-electron chi connectivity index (χ1n) is 12.6. The fourth-order valence-electron chi connectivity index (χ4n) is 5.00. The summed E-state index contributed by atoms with van der Waals surface area (Å²) in [6.45, 7) is 6.40. The number of pyridine rings is 3. The molecule has 0 radical (unpaired) electrons. The first-order valence-corrected chi connectivity index (χ1v) is 12.6. The topological polar surface area (TPSA) is 73.0 Å². The minimum absolute atomic E-state index is 0.759. The summed E-state index contributed by atoms with van der Waals surface area (Å²) >= 11 is 0. The molecular formula is C29H31N7. The molecule has 0 amide bonds. The monoisotopic (exact) mass is 477 g/mol. The molecule has 182 valence electrons. The summed E-state index contributed by atoms with van der Waals surface area (Å²) in [5.41, 5.74) is 7.41. The zero-order chi connectivity index (χ0) is 24.3. The normalized spacial score (nSPS) is 15.4. The lowest BCUT2D eigenvalue weighted by Crippen LogP contribution is -2.28. The molecule has 0 spiro atoms. The van der Waals surface area contributed by atoms with E-state index in [4.69, 9.17) is 0 Å². The number of hydrogen-bond donors (Lipinski definition) is 2. The number of likely N-dealkylation sites (N-methyl/N-ethyl adjacent to an activating group) is 1. The van der Waals surface area contributed by atoms with E-state index in [9.17, 15) is 0 Å². The third kappa shape index (κ3) is 4.94. The standard InChI is InChI=1S/C29H31N7/c1-35-9-4-10-36(12-11-35)20-22-6-2-5-21(13-22)16-31-24-14-26-25-15-27(23-7-3-8-30-17-23)32-19-28(25)34-29(26)33-18-24/h2-3,5-8,13-15,17-19,31H,4,9-12,16,20H2,1H3,(H,33,34). The number of nitrogens with zero attached hydrogens (tertiary/aromatic N) is 5. The second kappa shape index (κ2) is 10.0. The third-order valence-electron chi connectivity index (χ3n) is 7.00. The van der Waals surface area contributed by atoms with Crippen molar-refractivity contribution in [2.24, 2.45) is 0 Å². The van der Waals surface area contributed by atoms with Crippen molar-refractivity contribution in [3.05, 3.63) is 84.4 Å². The highest BCUT2D eigenvalue weighted by Gasteiger charge is 2.13. The molecule has 36 heavy (non-hydrogen) atoms. The van der Waals surface area contributed by atoms with Crippen LogP contribution < -0.4 is 5.32 Å². The summed E-state index contributed by atoms with van der Waals surface area (Å²) in [6.07, 6.45) is 8.62. The van der Waals surface area contributed by atoms with Gasteiger partial charge in [0, 0.05) is 54.9 Å². The Morgan fingerprint density at radius 3 is 2.75 bits per heavy atom. The predicted octanol–water partition coefficient (Wildman–Crippen LogP) is 4.92. The number of benzene rings is 1. The van der Waals surface area contributed by atoms with E-state index in [1.807, 2.05) is 30.7 Å². The van der Waals surface area contributed by atoms with Gasteiger partial charge in [0.25, 0.3) is 0 Å². The van der Waals surface area contributed by atoms with Gasteiger partial charge >= 0.3 is 0 Å². The molecule has 1 saturated heterocycles. The van der Waals surface area contributed by atoms with Crippen LogP contribution in [0.15, 0.2) is 73.3 Å². The molecule has 2 N–H and O–H groups in total. The van der Waals surface area contributed by atoms with Gasteiger partial charge in [0.15, 0.2) is 0 Å². The maximum absolute atomic E-state index is 4.67. The van der Waals surface area contributed by atoms with Crippen LogP contribution in [-0.4, -0.2) is 63.0 Å². The SMILES string of the molecule is CN1CCCN(Cc2cccc(CNc3cnc4[nH]c5cnc(-c6cccnc6)cc5c4c3)c2)CC1. The molecule has 5 heterocycles. The zero-order valence-corrected chi connectivity index (χ0v) is 20.6. The molecule has 0 unspecified atom stereocenters. The van der Waals surface area contributed by atoms with Crippen molar-refractivity contribution >= 4 is 27.6 Å². The lowest BCUT2D eigenvalue weighted by atomic mass is 10.1. The van der Waals surface area contributed by atoms with E-state index in [0.717, 1.165) is 65.1 Å². The first-order chi connectivity index (χ1) is 17.7. The van der Waals surface area contributed by atoms with Crippen LogP contribution in [0.3, 0.4) is 0 Å². The van der Waals surface area contributed by atoms with Gasteiger partial charge < -0.3 is 15.2 Å². The van der Waals surface area contributed by atoms with E-state index in [1.54, 1.807) is 6.20 Å². The maximum Gasteiger partial charge on any atom is 0.138 e. The highest BCUT2D eigenvalue weighted by molar-refractivity contribution is 6.07. The highest BCUT2D eigenvalue weighted by atomic mass is 15.2. The Balaban J connectivity index is 1.19. The maximum atomic E-state index is 4.67. The Kier molecular flexibility index (Phi) is 6.32. The number of aromatic amines is 1. The second-order valence-corrected chi connectivity index (χ2v) is 9.71. The average Bonchev–Trinajstić information content (AvgIpc) is 3.15. The molecule has 6 rings (SSSR count). The van der Waals surface area contributed by atoms with Gasteiger partial charge in [0.05, 0.1) is 29.3 Å². The van der Waals surface area contributed by atoms with Gasteiger partial charge in [-0.25, -0.2) is 4.98 Å². The van der Waals surface area contributed by atoms with Crippen molar-refractivity contribution in [3.63, 3.8) is 0 Å². The van der Waals surface area contributed by atoms with Gasteiger partial charge in [-0.1, -0.05) is 24.3 Å². The zero-order valence-electron chi connectivity index (χ0n) is 20.6. The minimum Gasteiger partial charge on any atom is -0.380 e. The van der Waals surface area contributed by atoms with Gasteiger partial charge in [-0.15, -0.1) is 0 Å². The molecule has 0 saturated carbocycles. The second-order valence-electron chi connectivity index (χ2n) is 9.71. The number of hydrogen-bond acceptors (Lipinski definition) is 6. The van der Waals surface area contributed by atoms with Gasteiger partial charge in [0.1, 0.15) is 5.65 Å². The minimum atomic E-state index is 0.759. The van der Waals surface area contributed by atoms with Crippen molar-refractivity contribution in [1.29, 1.82) is 0 Å².